The summed E-state index contributed by atoms with van der Waals surface area (Å²) in [5, 5.41) is 0.840. The van der Waals surface area contributed by atoms with Gasteiger partial charge in [0.25, 0.3) is 0 Å². The standard InChI is InChI=1S/C26H26N2O5.ClH/c1-3-31-26(30)18-8-10-28(11-9-18)24-19-12-22-23(33-15-32-22)13-21(19)27-14-20(24)25(29)17-6-4-16(2)5-7-17;/h4-7,12-14,18H,3,8-11,15H2,1-2H3;1H. The second kappa shape index (κ2) is 9.89. The summed E-state index contributed by atoms with van der Waals surface area (Å²) < 4.78 is 16.3. The van der Waals surface area contributed by atoms with Crippen LogP contribution in [0.5, 0.6) is 11.5 Å². The lowest BCUT2D eigenvalue weighted by atomic mass is 9.94. The van der Waals surface area contributed by atoms with Crippen molar-refractivity contribution in [3.63, 3.8) is 0 Å². The van der Waals surface area contributed by atoms with Gasteiger partial charge in [0.2, 0.25) is 6.79 Å². The number of piperidine rings is 1. The van der Waals surface area contributed by atoms with Crippen LogP contribution in [-0.2, 0) is 9.53 Å². The number of nitrogens with zero attached hydrogens (tertiary/aromatic N) is 2. The lowest BCUT2D eigenvalue weighted by Crippen LogP contribution is -2.38. The number of aryl methyl sites for hydroxylation is 1. The number of fused-ring (bicyclic) bond motifs is 2. The van der Waals surface area contributed by atoms with Gasteiger partial charge in [-0.25, -0.2) is 0 Å². The predicted octanol–water partition coefficient (Wildman–Crippen LogP) is 4.70. The van der Waals surface area contributed by atoms with Gasteiger partial charge in [-0.05, 0) is 32.8 Å². The summed E-state index contributed by atoms with van der Waals surface area (Å²) in [6.45, 7) is 5.66. The molecule has 0 amide bonds. The van der Waals surface area contributed by atoms with E-state index in [4.69, 9.17) is 14.2 Å². The summed E-state index contributed by atoms with van der Waals surface area (Å²) >= 11 is 0. The van der Waals surface area contributed by atoms with E-state index in [-0.39, 0.29) is 36.9 Å². The molecule has 2 aliphatic rings. The third-order valence-electron chi connectivity index (χ3n) is 6.32. The predicted molar refractivity (Wildman–Crippen MR) is 131 cm³/mol. The van der Waals surface area contributed by atoms with E-state index in [1.165, 1.54) is 0 Å². The fraction of sp³-hybridized carbons (Fsp3) is 0.346. The van der Waals surface area contributed by atoms with Gasteiger partial charge in [0.15, 0.2) is 17.3 Å². The van der Waals surface area contributed by atoms with Gasteiger partial charge in [0.05, 0.1) is 29.3 Å². The highest BCUT2D eigenvalue weighted by Gasteiger charge is 2.30. The molecule has 3 aromatic rings. The van der Waals surface area contributed by atoms with Crippen molar-refractivity contribution in [3.8, 4) is 11.5 Å². The number of hydrogen-bond donors (Lipinski definition) is 0. The van der Waals surface area contributed by atoms with Crippen LogP contribution in [0, 0.1) is 12.8 Å². The van der Waals surface area contributed by atoms with Gasteiger partial charge in [0, 0.05) is 36.3 Å². The highest BCUT2D eigenvalue weighted by Crippen LogP contribution is 2.41. The molecule has 34 heavy (non-hydrogen) atoms. The van der Waals surface area contributed by atoms with E-state index in [2.05, 4.69) is 9.88 Å². The number of benzene rings is 2. The van der Waals surface area contributed by atoms with Crippen LogP contribution in [0.3, 0.4) is 0 Å². The molecule has 0 saturated carbocycles. The molecule has 2 aliphatic heterocycles. The van der Waals surface area contributed by atoms with Crippen LogP contribution in [0.1, 0.15) is 41.3 Å². The van der Waals surface area contributed by atoms with Crippen LogP contribution in [0.4, 0.5) is 5.69 Å². The van der Waals surface area contributed by atoms with E-state index in [9.17, 15) is 9.59 Å². The molecule has 1 fully saturated rings. The van der Waals surface area contributed by atoms with Gasteiger partial charge in [-0.1, -0.05) is 29.8 Å². The minimum atomic E-state index is -0.143. The van der Waals surface area contributed by atoms with Gasteiger partial charge < -0.3 is 19.1 Å². The average molecular weight is 483 g/mol. The van der Waals surface area contributed by atoms with E-state index < -0.39 is 0 Å². The van der Waals surface area contributed by atoms with Gasteiger partial charge >= 0.3 is 5.97 Å². The zero-order valence-corrected chi connectivity index (χ0v) is 20.0. The number of rotatable bonds is 5. The van der Waals surface area contributed by atoms with E-state index in [0.717, 1.165) is 22.2 Å². The van der Waals surface area contributed by atoms with Crippen LogP contribution in [0.2, 0.25) is 0 Å². The first kappa shape index (κ1) is 23.8. The van der Waals surface area contributed by atoms with Crippen molar-refractivity contribution in [2.24, 2.45) is 5.92 Å². The Kier molecular flexibility index (Phi) is 6.93. The molecule has 7 nitrogen and oxygen atoms in total. The van der Waals surface area contributed by atoms with Crippen molar-refractivity contribution in [3.05, 3.63) is 59.3 Å². The molecule has 0 N–H and O–H groups in total. The van der Waals surface area contributed by atoms with Crippen molar-refractivity contribution in [1.29, 1.82) is 0 Å². The second-order valence-electron chi connectivity index (χ2n) is 8.45. The Morgan fingerprint density at radius 2 is 1.76 bits per heavy atom. The molecule has 0 aliphatic carbocycles. The Morgan fingerprint density at radius 3 is 2.44 bits per heavy atom. The normalized spacial score (nSPS) is 15.2. The first-order valence-corrected chi connectivity index (χ1v) is 11.3. The first-order valence-electron chi connectivity index (χ1n) is 11.3. The highest BCUT2D eigenvalue weighted by atomic mass is 35.5. The Bertz CT molecular complexity index is 1220. The Hall–Kier alpha value is -3.32. The van der Waals surface area contributed by atoms with Crippen molar-refractivity contribution >= 4 is 40.7 Å². The van der Waals surface area contributed by atoms with E-state index >= 15 is 0 Å². The van der Waals surface area contributed by atoms with Crippen LogP contribution >= 0.6 is 12.4 Å². The summed E-state index contributed by atoms with van der Waals surface area (Å²) in [7, 11) is 0. The molecule has 178 valence electrons. The molecule has 1 saturated heterocycles. The molecule has 0 radical (unpaired) electrons. The van der Waals surface area contributed by atoms with Gasteiger partial charge in [-0.3, -0.25) is 14.6 Å². The molecule has 0 bridgehead atoms. The molecule has 8 heteroatoms. The molecule has 3 heterocycles. The molecule has 5 rings (SSSR count). The van der Waals surface area contributed by atoms with Crippen molar-refractivity contribution in [2.45, 2.75) is 26.7 Å². The number of pyridine rings is 1. The van der Waals surface area contributed by atoms with E-state index in [1.807, 2.05) is 50.2 Å². The maximum Gasteiger partial charge on any atom is 0.309 e. The summed E-state index contributed by atoms with van der Waals surface area (Å²) in [6, 6.07) is 11.3. The Labute approximate surface area is 204 Å². The fourth-order valence-electron chi connectivity index (χ4n) is 4.53. The van der Waals surface area contributed by atoms with Gasteiger partial charge in [-0.15, -0.1) is 12.4 Å². The number of ether oxygens (including phenoxy) is 3. The fourth-order valence-corrected chi connectivity index (χ4v) is 4.53. The topological polar surface area (TPSA) is 78.0 Å². The largest absolute Gasteiger partial charge is 0.466 e. The maximum absolute atomic E-state index is 13.6. The average Bonchev–Trinajstić information content (AvgIpc) is 3.29. The monoisotopic (exact) mass is 482 g/mol. The number of ketones is 1. The summed E-state index contributed by atoms with van der Waals surface area (Å²) in [6.07, 6.45) is 3.00. The number of hydrogen-bond acceptors (Lipinski definition) is 7. The lowest BCUT2D eigenvalue weighted by Gasteiger charge is -2.34. The number of carbonyl (C=O) groups excluding carboxylic acids is 2. The summed E-state index contributed by atoms with van der Waals surface area (Å²) in [5.74, 6) is 0.957. The minimum Gasteiger partial charge on any atom is -0.466 e. The smallest absolute Gasteiger partial charge is 0.309 e. The number of esters is 1. The molecule has 0 atom stereocenters. The van der Waals surface area contributed by atoms with Crippen molar-refractivity contribution in [2.75, 3.05) is 31.4 Å². The van der Waals surface area contributed by atoms with Crippen molar-refractivity contribution < 1.29 is 23.8 Å². The zero-order chi connectivity index (χ0) is 22.9. The minimum absolute atomic E-state index is 0. The summed E-state index contributed by atoms with van der Waals surface area (Å²) in [5.41, 5.74) is 3.82. The van der Waals surface area contributed by atoms with Crippen molar-refractivity contribution in [1.82, 2.24) is 4.98 Å². The van der Waals surface area contributed by atoms with Gasteiger partial charge in [-0.2, -0.15) is 0 Å². The number of aromatic nitrogens is 1. The van der Waals surface area contributed by atoms with Crippen LogP contribution in [-0.4, -0.2) is 43.2 Å². The maximum atomic E-state index is 13.6. The van der Waals surface area contributed by atoms with E-state index in [0.29, 0.717) is 55.2 Å². The lowest BCUT2D eigenvalue weighted by molar-refractivity contribution is -0.148. The summed E-state index contributed by atoms with van der Waals surface area (Å²) in [4.78, 5) is 32.6. The Morgan fingerprint density at radius 1 is 1.09 bits per heavy atom. The molecule has 0 unspecified atom stereocenters. The number of anilines is 1. The highest BCUT2D eigenvalue weighted by molar-refractivity contribution is 6.16. The van der Waals surface area contributed by atoms with Crippen LogP contribution in [0.15, 0.2) is 42.6 Å². The Balaban J connectivity index is 0.00000274. The third kappa shape index (κ3) is 4.40. The van der Waals surface area contributed by atoms with Crippen LogP contribution < -0.4 is 14.4 Å². The molecule has 2 aromatic carbocycles. The quantitative estimate of drug-likeness (QED) is 0.385. The first-order chi connectivity index (χ1) is 16.0. The third-order valence-corrected chi connectivity index (χ3v) is 6.32. The molecule has 1 aromatic heterocycles. The second-order valence-corrected chi connectivity index (χ2v) is 8.45. The van der Waals surface area contributed by atoms with E-state index in [1.54, 1.807) is 6.20 Å². The SMILES string of the molecule is CCOC(=O)C1CCN(c2c(C(=O)c3ccc(C)cc3)cnc3cc4c(cc23)OCO4)CC1.Cl. The molecule has 0 spiro atoms. The molecular weight excluding hydrogens is 456 g/mol. The zero-order valence-electron chi connectivity index (χ0n) is 19.2. The number of halogens is 1. The molecular formula is C26H27ClN2O5. The number of carbonyl (C=O) groups is 2. The van der Waals surface area contributed by atoms with Gasteiger partial charge in [0.1, 0.15) is 0 Å². The van der Waals surface area contributed by atoms with Crippen LogP contribution in [0.25, 0.3) is 10.9 Å².